The van der Waals surface area contributed by atoms with E-state index < -0.39 is 0 Å². The number of aromatic nitrogens is 1. The minimum Gasteiger partial charge on any atom is -0.489 e. The largest absolute Gasteiger partial charge is 0.489 e. The van der Waals surface area contributed by atoms with Crippen LogP contribution in [0, 0.1) is 11.3 Å². The van der Waals surface area contributed by atoms with Gasteiger partial charge in [0.2, 0.25) is 0 Å². The van der Waals surface area contributed by atoms with E-state index in [2.05, 4.69) is 11.1 Å². The van der Waals surface area contributed by atoms with Gasteiger partial charge in [0.1, 0.15) is 29.2 Å². The number of rotatable bonds is 6. The van der Waals surface area contributed by atoms with Crippen molar-refractivity contribution in [2.75, 3.05) is 21.2 Å². The van der Waals surface area contributed by atoms with Crippen molar-refractivity contribution >= 4 is 17.0 Å². The Labute approximate surface area is 226 Å². The molecule has 2 unspecified atom stereocenters. The van der Waals surface area contributed by atoms with Crippen LogP contribution in [0.1, 0.15) is 41.6 Å². The number of hydrogen-bond donors (Lipinski definition) is 0. The Balaban J connectivity index is 1.28. The third-order valence-corrected chi connectivity index (χ3v) is 7.45. The van der Waals surface area contributed by atoms with Crippen molar-refractivity contribution in [3.05, 3.63) is 71.9 Å². The molecule has 8 heteroatoms. The molecule has 198 valence electrons. The van der Waals surface area contributed by atoms with Crippen molar-refractivity contribution in [2.45, 2.75) is 43.7 Å². The lowest BCUT2D eigenvalue weighted by Gasteiger charge is -2.35. The number of ether oxygens (including phenoxy) is 3. The average molecular weight is 524 g/mol. The van der Waals surface area contributed by atoms with Gasteiger partial charge in [0.15, 0.2) is 11.9 Å². The predicted molar refractivity (Wildman–Crippen MR) is 145 cm³/mol. The Morgan fingerprint density at radius 1 is 1.10 bits per heavy atom. The molecule has 1 saturated heterocycles. The lowest BCUT2D eigenvalue weighted by molar-refractivity contribution is -0.210. The second kappa shape index (κ2) is 9.84. The van der Waals surface area contributed by atoms with Crippen molar-refractivity contribution in [3.63, 3.8) is 0 Å². The first-order valence-electron chi connectivity index (χ1n) is 13.0. The van der Waals surface area contributed by atoms with Crippen molar-refractivity contribution in [2.24, 2.45) is 0 Å². The summed E-state index contributed by atoms with van der Waals surface area (Å²) in [5, 5.41) is 9.95. The van der Waals surface area contributed by atoms with Crippen molar-refractivity contribution in [3.8, 4) is 34.3 Å². The number of nitrogens with zero attached hydrogens (tertiary/aromatic N) is 3. The van der Waals surface area contributed by atoms with Gasteiger partial charge in [-0.3, -0.25) is 9.78 Å². The van der Waals surface area contributed by atoms with Gasteiger partial charge in [-0.2, -0.15) is 5.26 Å². The summed E-state index contributed by atoms with van der Waals surface area (Å²) >= 11 is 0. The normalized spacial score (nSPS) is 19.5. The van der Waals surface area contributed by atoms with Crippen LogP contribution in [0.25, 0.3) is 33.6 Å². The highest BCUT2D eigenvalue weighted by Gasteiger charge is 2.51. The van der Waals surface area contributed by atoms with E-state index in [0.717, 1.165) is 36.0 Å². The Bertz CT molecular complexity index is 1580. The second-order valence-corrected chi connectivity index (χ2v) is 10.4. The average Bonchev–Trinajstić information content (AvgIpc) is 3.53. The molecule has 39 heavy (non-hydrogen) atoms. The Morgan fingerprint density at radius 2 is 1.87 bits per heavy atom. The quantitative estimate of drug-likeness (QED) is 0.315. The number of nitriles is 1. The summed E-state index contributed by atoms with van der Waals surface area (Å²) < 4.78 is 24.1. The monoisotopic (exact) mass is 523 g/mol. The summed E-state index contributed by atoms with van der Waals surface area (Å²) in [5.74, 6) is 1.14. The number of carbonyl (C=O) groups excluding carboxylic acids is 1. The molecule has 0 radical (unpaired) electrons. The van der Waals surface area contributed by atoms with E-state index in [-0.39, 0.29) is 23.9 Å². The van der Waals surface area contributed by atoms with Gasteiger partial charge in [-0.25, -0.2) is 0 Å². The standard InChI is InChI=1S/C31H29N3O5/c1-34(2)30(35)20-6-4-19(5-7-20)27-16-25-29(38-27)24(10-13-33-25)21-8-9-26(22(14-21)18-32)37-23-15-28(36-3)39-31(17-23)11-12-31/h4-10,13-14,16,23,28H,11-12,15,17H2,1-3H3. The molecule has 2 atom stereocenters. The van der Waals surface area contributed by atoms with Crippen molar-refractivity contribution < 1.29 is 23.4 Å². The SMILES string of the molecule is COC1CC(Oc2ccc(-c3ccnc4cc(-c5ccc(C(=O)N(C)C)cc5)oc34)cc2C#N)CC2(CC2)O1. The molecule has 8 nitrogen and oxygen atoms in total. The molecular formula is C31H29N3O5. The lowest BCUT2D eigenvalue weighted by Crippen LogP contribution is -2.40. The molecule has 6 rings (SSSR count). The van der Waals surface area contributed by atoms with Crippen molar-refractivity contribution in [1.82, 2.24) is 9.88 Å². The van der Waals surface area contributed by atoms with Gasteiger partial charge < -0.3 is 23.5 Å². The van der Waals surface area contributed by atoms with Gasteiger partial charge in [-0.1, -0.05) is 18.2 Å². The first-order valence-corrected chi connectivity index (χ1v) is 13.0. The van der Waals surface area contributed by atoms with Crippen LogP contribution < -0.4 is 4.74 Å². The summed E-state index contributed by atoms with van der Waals surface area (Å²) in [6, 6.07) is 19.0. The molecular weight excluding hydrogens is 494 g/mol. The topological polar surface area (TPSA) is 97.8 Å². The van der Waals surface area contributed by atoms with Crippen LogP contribution in [-0.4, -0.2) is 55.0 Å². The molecule has 0 bridgehead atoms. The molecule has 1 aliphatic carbocycles. The Kier molecular flexibility index (Phi) is 6.34. The molecule has 2 fully saturated rings. The summed E-state index contributed by atoms with van der Waals surface area (Å²) in [5.41, 5.74) is 4.76. The van der Waals surface area contributed by atoms with Crippen LogP contribution >= 0.6 is 0 Å². The molecule has 1 amide bonds. The fraction of sp³-hybridized carbons (Fsp3) is 0.323. The number of benzene rings is 2. The molecule has 1 saturated carbocycles. The maximum Gasteiger partial charge on any atom is 0.253 e. The van der Waals surface area contributed by atoms with Gasteiger partial charge in [-0.15, -0.1) is 0 Å². The lowest BCUT2D eigenvalue weighted by atomic mass is 10.0. The number of amides is 1. The maximum absolute atomic E-state index is 12.2. The van der Waals surface area contributed by atoms with E-state index in [1.807, 2.05) is 42.5 Å². The summed E-state index contributed by atoms with van der Waals surface area (Å²) in [7, 11) is 5.10. The Morgan fingerprint density at radius 3 is 2.56 bits per heavy atom. The van der Waals surface area contributed by atoms with Crippen LogP contribution in [-0.2, 0) is 9.47 Å². The minimum absolute atomic E-state index is 0.0572. The van der Waals surface area contributed by atoms with Gasteiger partial charge >= 0.3 is 0 Å². The van der Waals surface area contributed by atoms with Gasteiger partial charge in [-0.05, 0) is 48.7 Å². The predicted octanol–water partition coefficient (Wildman–Crippen LogP) is 5.80. The van der Waals surface area contributed by atoms with E-state index in [1.54, 1.807) is 44.4 Å². The molecule has 1 spiro atoms. The zero-order valence-corrected chi connectivity index (χ0v) is 22.1. The zero-order chi connectivity index (χ0) is 27.1. The zero-order valence-electron chi connectivity index (χ0n) is 22.1. The fourth-order valence-electron chi connectivity index (χ4n) is 5.19. The summed E-state index contributed by atoms with van der Waals surface area (Å²) in [6.07, 6.45) is 4.80. The van der Waals surface area contributed by atoms with E-state index in [0.29, 0.717) is 40.2 Å². The van der Waals surface area contributed by atoms with Gasteiger partial charge in [0, 0.05) is 63.0 Å². The molecule has 4 aromatic rings. The van der Waals surface area contributed by atoms with Gasteiger partial charge in [0.05, 0.1) is 11.2 Å². The van der Waals surface area contributed by atoms with Crippen LogP contribution in [0.2, 0.25) is 0 Å². The molecule has 2 aliphatic rings. The van der Waals surface area contributed by atoms with Gasteiger partial charge in [0.25, 0.3) is 5.91 Å². The maximum atomic E-state index is 12.2. The minimum atomic E-state index is -0.293. The fourth-order valence-corrected chi connectivity index (χ4v) is 5.19. The molecule has 0 N–H and O–H groups in total. The van der Waals surface area contributed by atoms with E-state index >= 15 is 0 Å². The number of methoxy groups -OCH3 is 1. The number of fused-ring (bicyclic) bond motifs is 1. The van der Waals surface area contributed by atoms with E-state index in [4.69, 9.17) is 18.6 Å². The van der Waals surface area contributed by atoms with Crippen LogP contribution in [0.5, 0.6) is 5.75 Å². The molecule has 2 aromatic carbocycles. The first-order chi connectivity index (χ1) is 18.9. The van der Waals surface area contributed by atoms with E-state index in [9.17, 15) is 10.1 Å². The van der Waals surface area contributed by atoms with Crippen LogP contribution in [0.3, 0.4) is 0 Å². The first kappa shape index (κ1) is 25.1. The number of furan rings is 1. The summed E-state index contributed by atoms with van der Waals surface area (Å²) in [4.78, 5) is 18.3. The third kappa shape index (κ3) is 4.87. The third-order valence-electron chi connectivity index (χ3n) is 7.45. The summed E-state index contributed by atoms with van der Waals surface area (Å²) in [6.45, 7) is 0. The smallest absolute Gasteiger partial charge is 0.253 e. The van der Waals surface area contributed by atoms with Crippen LogP contribution in [0.15, 0.2) is 65.2 Å². The van der Waals surface area contributed by atoms with E-state index in [1.165, 1.54) is 0 Å². The van der Waals surface area contributed by atoms with Crippen molar-refractivity contribution in [1.29, 1.82) is 5.26 Å². The number of hydrogen-bond acceptors (Lipinski definition) is 7. The molecule has 2 aromatic heterocycles. The highest BCUT2D eigenvalue weighted by atomic mass is 16.7. The molecule has 1 aliphatic heterocycles. The number of carbonyl (C=O) groups is 1. The highest BCUT2D eigenvalue weighted by Crippen LogP contribution is 2.49. The van der Waals surface area contributed by atoms with Crippen LogP contribution in [0.4, 0.5) is 0 Å². The molecule has 3 heterocycles. The second-order valence-electron chi connectivity index (χ2n) is 10.4. The highest BCUT2D eigenvalue weighted by molar-refractivity contribution is 5.95. The number of pyridine rings is 1. The Hall–Kier alpha value is -4.19.